The van der Waals surface area contributed by atoms with Gasteiger partial charge in [-0.25, -0.2) is 12.7 Å². The van der Waals surface area contributed by atoms with E-state index in [0.29, 0.717) is 18.0 Å². The van der Waals surface area contributed by atoms with Gasteiger partial charge in [-0.3, -0.25) is 4.79 Å². The molecule has 0 radical (unpaired) electrons. The highest BCUT2D eigenvalue weighted by molar-refractivity contribution is 14.1. The molecule has 1 heterocycles. The zero-order valence-electron chi connectivity index (χ0n) is 11.0. The Morgan fingerprint density at radius 3 is 2.60 bits per heavy atom. The number of amides is 1. The Morgan fingerprint density at radius 2 is 1.90 bits per heavy atom. The predicted octanol–water partition coefficient (Wildman–Crippen LogP) is 3.02. The summed E-state index contributed by atoms with van der Waals surface area (Å²) in [6, 6.07) is 4.94. The summed E-state index contributed by atoms with van der Waals surface area (Å²) < 4.78 is 26.9. The Labute approximate surface area is 132 Å². The van der Waals surface area contributed by atoms with Gasteiger partial charge in [-0.2, -0.15) is 0 Å². The van der Waals surface area contributed by atoms with Crippen molar-refractivity contribution in [2.24, 2.45) is 5.92 Å². The van der Waals surface area contributed by atoms with Crippen LogP contribution >= 0.6 is 22.6 Å². The first-order valence-electron chi connectivity index (χ1n) is 6.87. The highest BCUT2D eigenvalue weighted by atomic mass is 127. The molecule has 1 aromatic rings. The third-order valence-corrected chi connectivity index (χ3v) is 6.59. The van der Waals surface area contributed by atoms with Crippen LogP contribution in [0.4, 0.5) is 0 Å². The molecule has 0 N–H and O–H groups in total. The zero-order valence-corrected chi connectivity index (χ0v) is 14.0. The van der Waals surface area contributed by atoms with Crippen LogP contribution < -0.4 is 0 Å². The summed E-state index contributed by atoms with van der Waals surface area (Å²) in [6.45, 7) is 0.340. The summed E-state index contributed by atoms with van der Waals surface area (Å²) >= 11 is 2.09. The summed E-state index contributed by atoms with van der Waals surface area (Å²) in [5.74, 6) is -0.0417. The normalized spacial score (nSPS) is 22.1. The van der Waals surface area contributed by atoms with Crippen molar-refractivity contribution in [1.29, 1.82) is 0 Å². The van der Waals surface area contributed by atoms with E-state index in [1.165, 1.54) is 6.42 Å². The molecule has 0 bridgehead atoms. The number of rotatable bonds is 2. The molecular formula is C14H16INO3S. The average molecular weight is 405 g/mol. The van der Waals surface area contributed by atoms with Gasteiger partial charge >= 0.3 is 0 Å². The number of sulfonamides is 1. The molecule has 1 saturated carbocycles. The largest absolute Gasteiger partial charge is 0.269 e. The molecule has 1 fully saturated rings. The van der Waals surface area contributed by atoms with E-state index in [1.54, 1.807) is 18.2 Å². The van der Waals surface area contributed by atoms with E-state index in [4.69, 9.17) is 0 Å². The van der Waals surface area contributed by atoms with Crippen LogP contribution in [0.2, 0.25) is 0 Å². The summed E-state index contributed by atoms with van der Waals surface area (Å²) in [7, 11) is -3.63. The number of benzene rings is 1. The van der Waals surface area contributed by atoms with Gasteiger partial charge in [0.25, 0.3) is 15.9 Å². The number of halogens is 1. The summed E-state index contributed by atoms with van der Waals surface area (Å²) in [5, 5.41) is 0. The molecule has 0 atom stereocenters. The SMILES string of the molecule is O=C1c2cc(I)ccc2S(=O)(=O)N1CC1CCCCC1. The quantitative estimate of drug-likeness (QED) is 0.711. The van der Waals surface area contributed by atoms with Crippen LogP contribution in [0, 0.1) is 9.49 Å². The van der Waals surface area contributed by atoms with Crippen molar-refractivity contribution in [3.8, 4) is 0 Å². The minimum absolute atomic E-state index is 0.165. The molecule has 1 aliphatic carbocycles. The van der Waals surface area contributed by atoms with Gasteiger partial charge in [-0.05, 0) is 59.5 Å². The van der Waals surface area contributed by atoms with Crippen LogP contribution in [0.15, 0.2) is 23.1 Å². The van der Waals surface area contributed by atoms with Crippen molar-refractivity contribution in [3.63, 3.8) is 0 Å². The van der Waals surface area contributed by atoms with E-state index in [0.717, 1.165) is 33.6 Å². The van der Waals surface area contributed by atoms with Crippen LogP contribution in [-0.4, -0.2) is 25.2 Å². The number of carbonyl (C=O) groups is 1. The minimum Gasteiger partial charge on any atom is -0.268 e. The number of carbonyl (C=O) groups excluding carboxylic acids is 1. The molecule has 4 nitrogen and oxygen atoms in total. The van der Waals surface area contributed by atoms with E-state index in [-0.39, 0.29) is 10.8 Å². The van der Waals surface area contributed by atoms with E-state index >= 15 is 0 Å². The molecule has 0 saturated heterocycles. The van der Waals surface area contributed by atoms with Crippen LogP contribution in [-0.2, 0) is 10.0 Å². The summed E-state index contributed by atoms with van der Waals surface area (Å²) in [6.07, 6.45) is 5.53. The molecule has 0 aromatic heterocycles. The fourth-order valence-electron chi connectivity index (χ4n) is 3.04. The maximum Gasteiger partial charge on any atom is 0.269 e. The maximum absolute atomic E-state index is 12.5. The topological polar surface area (TPSA) is 54.5 Å². The third-order valence-electron chi connectivity index (χ3n) is 4.12. The van der Waals surface area contributed by atoms with E-state index < -0.39 is 10.0 Å². The van der Waals surface area contributed by atoms with Crippen molar-refractivity contribution in [2.75, 3.05) is 6.54 Å². The second kappa shape index (κ2) is 5.29. The smallest absolute Gasteiger partial charge is 0.268 e. The number of fused-ring (bicyclic) bond motifs is 1. The summed E-state index contributed by atoms with van der Waals surface area (Å²) in [5.41, 5.74) is 0.327. The van der Waals surface area contributed by atoms with Crippen molar-refractivity contribution in [1.82, 2.24) is 4.31 Å². The lowest BCUT2D eigenvalue weighted by Gasteiger charge is -2.25. The van der Waals surface area contributed by atoms with Crippen molar-refractivity contribution in [3.05, 3.63) is 27.3 Å². The monoisotopic (exact) mass is 405 g/mol. The lowest BCUT2D eigenvalue weighted by atomic mass is 9.89. The molecular weight excluding hydrogens is 389 g/mol. The second-order valence-corrected chi connectivity index (χ2v) is 8.56. The van der Waals surface area contributed by atoms with Crippen LogP contribution in [0.25, 0.3) is 0 Å². The van der Waals surface area contributed by atoms with Gasteiger partial charge in [-0.15, -0.1) is 0 Å². The molecule has 0 spiro atoms. The Hall–Kier alpha value is -0.630. The van der Waals surface area contributed by atoms with Crippen molar-refractivity contribution >= 4 is 38.5 Å². The number of hydrogen-bond donors (Lipinski definition) is 0. The molecule has 1 aliphatic heterocycles. The fourth-order valence-corrected chi connectivity index (χ4v) is 5.16. The Morgan fingerprint density at radius 1 is 1.20 bits per heavy atom. The molecule has 20 heavy (non-hydrogen) atoms. The van der Waals surface area contributed by atoms with Crippen LogP contribution in [0.5, 0.6) is 0 Å². The summed E-state index contributed by atoms with van der Waals surface area (Å²) in [4.78, 5) is 12.5. The van der Waals surface area contributed by atoms with Crippen LogP contribution in [0.1, 0.15) is 42.5 Å². The highest BCUT2D eigenvalue weighted by Gasteiger charge is 2.42. The molecule has 1 amide bonds. The molecule has 1 aromatic carbocycles. The molecule has 3 rings (SSSR count). The molecule has 0 unspecified atom stereocenters. The lowest BCUT2D eigenvalue weighted by molar-refractivity contribution is 0.0849. The average Bonchev–Trinajstić information content (AvgIpc) is 2.61. The first kappa shape index (κ1) is 14.3. The third kappa shape index (κ3) is 2.36. The fraction of sp³-hybridized carbons (Fsp3) is 0.500. The van der Waals surface area contributed by atoms with Gasteiger partial charge in [0.1, 0.15) is 4.90 Å². The van der Waals surface area contributed by atoms with Gasteiger partial charge in [0.2, 0.25) is 0 Å². The highest BCUT2D eigenvalue weighted by Crippen LogP contribution is 2.34. The molecule has 6 heteroatoms. The number of nitrogens with zero attached hydrogens (tertiary/aromatic N) is 1. The van der Waals surface area contributed by atoms with Gasteiger partial charge in [0.15, 0.2) is 0 Å². The molecule has 108 valence electrons. The standard InChI is InChI=1S/C14H16INO3S/c15-11-6-7-13-12(8-11)14(17)16(20(13,18)19)9-10-4-2-1-3-5-10/h6-8,10H,1-5,9H2. The van der Waals surface area contributed by atoms with E-state index in [2.05, 4.69) is 22.6 Å². The van der Waals surface area contributed by atoms with Crippen molar-refractivity contribution < 1.29 is 13.2 Å². The van der Waals surface area contributed by atoms with E-state index in [1.807, 2.05) is 0 Å². The first-order valence-corrected chi connectivity index (χ1v) is 9.38. The van der Waals surface area contributed by atoms with Gasteiger partial charge in [0, 0.05) is 10.1 Å². The Bertz CT molecular complexity index is 650. The number of hydrogen-bond acceptors (Lipinski definition) is 3. The first-order chi connectivity index (χ1) is 9.50. The zero-order chi connectivity index (χ0) is 14.3. The maximum atomic E-state index is 12.5. The minimum atomic E-state index is -3.63. The predicted molar refractivity (Wildman–Crippen MR) is 84.0 cm³/mol. The van der Waals surface area contributed by atoms with Gasteiger partial charge in [0.05, 0.1) is 5.56 Å². The molecule has 2 aliphatic rings. The van der Waals surface area contributed by atoms with Crippen LogP contribution in [0.3, 0.4) is 0 Å². The Balaban J connectivity index is 1.92. The van der Waals surface area contributed by atoms with Gasteiger partial charge in [-0.1, -0.05) is 19.3 Å². The Kier molecular flexibility index (Phi) is 3.79. The van der Waals surface area contributed by atoms with Gasteiger partial charge < -0.3 is 0 Å². The lowest BCUT2D eigenvalue weighted by Crippen LogP contribution is -2.35. The second-order valence-electron chi connectivity index (χ2n) is 5.49. The van der Waals surface area contributed by atoms with E-state index in [9.17, 15) is 13.2 Å². The van der Waals surface area contributed by atoms with Crippen molar-refractivity contribution in [2.45, 2.75) is 37.0 Å².